The lowest BCUT2D eigenvalue weighted by Crippen LogP contribution is -2.48. The molecule has 12 heteroatoms. The van der Waals surface area contributed by atoms with Crippen molar-refractivity contribution in [3.05, 3.63) is 203 Å². The number of nitrogens with zero attached hydrogens (tertiary/aromatic N) is 2. The Kier molecular flexibility index (Phi) is 16.0. The number of benzene rings is 6. The zero-order valence-corrected chi connectivity index (χ0v) is 37.2. The fraction of sp³-hybridized carbons (Fsp3) is 0.259. The second-order valence-corrected chi connectivity index (χ2v) is 16.7. The number of hydrogen-bond donors (Lipinski definition) is 5. The highest BCUT2D eigenvalue weighted by Crippen LogP contribution is 2.34. The van der Waals surface area contributed by atoms with E-state index in [1.54, 1.807) is 0 Å². The number of aryl methyl sites for hydroxylation is 2. The van der Waals surface area contributed by atoms with Gasteiger partial charge < -0.3 is 30.9 Å². The number of likely N-dealkylation sites (N-methyl/N-ethyl adjacent to an activating group) is 2. The molecular formula is C54H57N5O7. The lowest BCUT2D eigenvalue weighted by molar-refractivity contribution is -0.121. The molecule has 0 aliphatic carbocycles. The summed E-state index contributed by atoms with van der Waals surface area (Å²) < 4.78 is 6.38. The summed E-state index contributed by atoms with van der Waals surface area (Å²) in [4.78, 5) is 55.7. The van der Waals surface area contributed by atoms with Gasteiger partial charge in [-0.1, -0.05) is 158 Å². The minimum Gasteiger partial charge on any atom is -0.465 e. The second kappa shape index (κ2) is 22.6. The van der Waals surface area contributed by atoms with Crippen molar-refractivity contribution in [3.8, 4) is 0 Å². The van der Waals surface area contributed by atoms with E-state index in [-0.39, 0.29) is 12.1 Å². The number of para-hydroxylation sites is 2. The molecule has 7 rings (SSSR count). The average molecular weight is 888 g/mol. The van der Waals surface area contributed by atoms with E-state index in [0.717, 1.165) is 49.6 Å². The monoisotopic (exact) mass is 887 g/mol. The maximum Gasteiger partial charge on any atom is 0.407 e. The highest BCUT2D eigenvalue weighted by Gasteiger charge is 2.38. The van der Waals surface area contributed by atoms with E-state index < -0.39 is 47.9 Å². The van der Waals surface area contributed by atoms with Gasteiger partial charge >= 0.3 is 12.2 Å². The van der Waals surface area contributed by atoms with Crippen LogP contribution in [-0.2, 0) is 27.2 Å². The third kappa shape index (κ3) is 11.7. The lowest BCUT2D eigenvalue weighted by atomic mass is 9.84. The Labute approximate surface area is 386 Å². The van der Waals surface area contributed by atoms with Crippen LogP contribution in [0.4, 0.5) is 21.0 Å². The molecule has 0 spiro atoms. The molecule has 0 saturated carbocycles. The Morgan fingerprint density at radius 3 is 1.24 bits per heavy atom. The van der Waals surface area contributed by atoms with E-state index in [1.807, 2.05) is 170 Å². The van der Waals surface area contributed by atoms with E-state index in [2.05, 4.69) is 16.0 Å². The molecule has 1 aliphatic rings. The van der Waals surface area contributed by atoms with E-state index in [4.69, 9.17) is 4.74 Å². The van der Waals surface area contributed by atoms with Crippen LogP contribution in [0.1, 0.15) is 58.1 Å². The summed E-state index contributed by atoms with van der Waals surface area (Å²) >= 11 is 0. The molecule has 6 aromatic carbocycles. The normalized spacial score (nSPS) is 15.6. The van der Waals surface area contributed by atoms with E-state index in [9.17, 15) is 29.4 Å². The molecule has 4 atom stereocenters. The zero-order valence-electron chi connectivity index (χ0n) is 37.2. The fourth-order valence-electron chi connectivity index (χ4n) is 8.91. The van der Waals surface area contributed by atoms with Crippen molar-refractivity contribution in [3.63, 3.8) is 0 Å². The predicted molar refractivity (Wildman–Crippen MR) is 257 cm³/mol. The first-order valence-corrected chi connectivity index (χ1v) is 22.3. The molecular weight excluding hydrogens is 831 g/mol. The van der Waals surface area contributed by atoms with Crippen LogP contribution in [0.15, 0.2) is 170 Å². The van der Waals surface area contributed by atoms with Gasteiger partial charge in [-0.2, -0.15) is 0 Å². The van der Waals surface area contributed by atoms with E-state index >= 15 is 0 Å². The van der Waals surface area contributed by atoms with Gasteiger partial charge in [-0.25, -0.2) is 9.59 Å². The minimum absolute atomic E-state index is 0.0633. The standard InChI is InChI=1S/C54H57N5O7/c1-58(53(62)63)49(47(39-21-7-3-8-22-39)40-23-9-4-10-24-40)51(60)56-45-29-17-15-19-37(45)31-33-43-36-66-44(35-55-43)34-32-38-20-16-18-30-46(38)57-52(61)50(59(2)54(64)65)48(41-25-11-5-12-26-41)42-27-13-6-14-28-42/h3-30,43-44,47-50,55H,31-36H2,1-2H3,(H,56,60)(H,57,61)(H,62,63)(H,64,65)/t43-,44-,49+,50+/m1/s1. The van der Waals surface area contributed by atoms with Gasteiger partial charge in [-0.15, -0.1) is 0 Å². The zero-order chi connectivity index (χ0) is 46.4. The average Bonchev–Trinajstić information content (AvgIpc) is 3.35. The fourth-order valence-corrected chi connectivity index (χ4v) is 8.91. The molecule has 4 amide bonds. The van der Waals surface area contributed by atoms with E-state index in [0.29, 0.717) is 43.8 Å². The molecule has 6 aromatic rings. The maximum atomic E-state index is 14.3. The molecule has 1 aliphatic heterocycles. The van der Waals surface area contributed by atoms with Crippen LogP contribution in [0.2, 0.25) is 0 Å². The number of nitrogens with one attached hydrogen (secondary N) is 3. The first-order valence-electron chi connectivity index (χ1n) is 22.3. The molecule has 0 aromatic heterocycles. The number of morpholine rings is 1. The van der Waals surface area contributed by atoms with Crippen molar-refractivity contribution >= 4 is 35.4 Å². The third-order valence-electron chi connectivity index (χ3n) is 12.5. The predicted octanol–water partition coefficient (Wildman–Crippen LogP) is 9.11. The summed E-state index contributed by atoms with van der Waals surface area (Å²) in [5.41, 5.74) is 6.40. The maximum absolute atomic E-state index is 14.3. The van der Waals surface area contributed by atoms with Gasteiger partial charge in [-0.3, -0.25) is 19.4 Å². The van der Waals surface area contributed by atoms with Crippen LogP contribution < -0.4 is 16.0 Å². The minimum atomic E-state index is -1.21. The smallest absolute Gasteiger partial charge is 0.407 e. The van der Waals surface area contributed by atoms with Crippen LogP contribution in [-0.4, -0.2) is 95.5 Å². The Morgan fingerprint density at radius 2 is 0.894 bits per heavy atom. The Balaban J connectivity index is 0.969. The van der Waals surface area contributed by atoms with Crippen molar-refractivity contribution in [1.29, 1.82) is 0 Å². The van der Waals surface area contributed by atoms with Crippen LogP contribution in [0.5, 0.6) is 0 Å². The van der Waals surface area contributed by atoms with Gasteiger partial charge in [0.15, 0.2) is 0 Å². The molecule has 5 N–H and O–H groups in total. The SMILES string of the molecule is CN(C(=O)O)[C@H](C(=O)Nc1ccccc1CC[C@@H]1CO[C@H](CCc2ccccc2NC(=O)[C@H](C(c2ccccc2)c2ccccc2)N(C)C(=O)O)CN1)C(c1ccccc1)c1ccccc1. The Hall–Kier alpha value is -7.28. The number of rotatable bonds is 18. The number of amides is 4. The van der Waals surface area contributed by atoms with Gasteiger partial charge in [-0.05, 0) is 71.2 Å². The number of carboxylic acid groups (broad SMARTS) is 2. The molecule has 12 nitrogen and oxygen atoms in total. The number of carbonyl (C=O) groups excluding carboxylic acids is 2. The molecule has 340 valence electrons. The van der Waals surface area contributed by atoms with Crippen LogP contribution in [0.25, 0.3) is 0 Å². The van der Waals surface area contributed by atoms with Crippen molar-refractivity contribution in [1.82, 2.24) is 15.1 Å². The van der Waals surface area contributed by atoms with Gasteiger partial charge in [0, 0.05) is 49.9 Å². The Morgan fingerprint density at radius 1 is 0.545 bits per heavy atom. The van der Waals surface area contributed by atoms with Crippen molar-refractivity contribution < 1.29 is 34.1 Å². The first-order chi connectivity index (χ1) is 32.1. The van der Waals surface area contributed by atoms with Crippen LogP contribution in [0.3, 0.4) is 0 Å². The van der Waals surface area contributed by atoms with Crippen molar-refractivity contribution in [2.45, 2.75) is 61.7 Å². The second-order valence-electron chi connectivity index (χ2n) is 16.7. The summed E-state index contributed by atoms with van der Waals surface area (Å²) in [7, 11) is 2.87. The summed E-state index contributed by atoms with van der Waals surface area (Å²) in [6, 6.07) is 51.1. The number of ether oxygens (including phenoxy) is 1. The van der Waals surface area contributed by atoms with Gasteiger partial charge in [0.25, 0.3) is 0 Å². The highest BCUT2D eigenvalue weighted by molar-refractivity contribution is 5.99. The molecule has 0 bridgehead atoms. The molecule has 66 heavy (non-hydrogen) atoms. The lowest BCUT2D eigenvalue weighted by Gasteiger charge is -2.33. The molecule has 1 fully saturated rings. The molecule has 0 unspecified atom stereocenters. The number of anilines is 2. The molecule has 1 heterocycles. The number of hydrogen-bond acceptors (Lipinski definition) is 6. The van der Waals surface area contributed by atoms with Crippen LogP contribution in [0, 0.1) is 0 Å². The van der Waals surface area contributed by atoms with Gasteiger partial charge in [0.05, 0.1) is 12.7 Å². The topological polar surface area (TPSA) is 161 Å². The highest BCUT2D eigenvalue weighted by atomic mass is 16.5. The van der Waals surface area contributed by atoms with Crippen LogP contribution >= 0.6 is 0 Å². The van der Waals surface area contributed by atoms with Crippen molar-refractivity contribution in [2.75, 3.05) is 37.9 Å². The summed E-state index contributed by atoms with van der Waals surface area (Å²) in [5, 5.41) is 30.2. The third-order valence-corrected chi connectivity index (χ3v) is 12.5. The summed E-state index contributed by atoms with van der Waals surface area (Å²) in [5.74, 6) is -1.97. The van der Waals surface area contributed by atoms with Crippen molar-refractivity contribution in [2.24, 2.45) is 0 Å². The van der Waals surface area contributed by atoms with Gasteiger partial charge in [0.2, 0.25) is 11.8 Å². The number of carbonyl (C=O) groups is 4. The summed E-state index contributed by atoms with van der Waals surface area (Å²) in [6.07, 6.45) is 0.203. The quantitative estimate of drug-likeness (QED) is 0.0572. The Bertz CT molecular complexity index is 2270. The largest absolute Gasteiger partial charge is 0.465 e. The van der Waals surface area contributed by atoms with E-state index in [1.165, 1.54) is 14.1 Å². The van der Waals surface area contributed by atoms with Gasteiger partial charge in [0.1, 0.15) is 12.1 Å². The summed E-state index contributed by atoms with van der Waals surface area (Å²) in [6.45, 7) is 1.12. The first kappa shape index (κ1) is 46.7. The molecule has 0 radical (unpaired) electrons. The molecule has 1 saturated heterocycles.